The van der Waals surface area contributed by atoms with E-state index in [-0.39, 0.29) is 0 Å². The van der Waals surface area contributed by atoms with E-state index in [2.05, 4.69) is 36.4 Å². The Labute approximate surface area is 176 Å². The number of nitrogens with two attached hydrogens (primary N) is 1. The molecule has 5 heteroatoms. The molecule has 0 saturated carbocycles. The van der Waals surface area contributed by atoms with E-state index in [0.29, 0.717) is 13.0 Å². The van der Waals surface area contributed by atoms with E-state index in [0.717, 1.165) is 33.7 Å². The smallest absolute Gasteiger partial charge is 0.323 e. The third-order valence-corrected chi connectivity index (χ3v) is 5.15. The maximum atomic E-state index is 12.1. The summed E-state index contributed by atoms with van der Waals surface area (Å²) in [6, 6.07) is 21.9. The van der Waals surface area contributed by atoms with Crippen LogP contribution in [-0.2, 0) is 16.0 Å². The van der Waals surface area contributed by atoms with Gasteiger partial charge in [-0.3, -0.25) is 4.79 Å². The molecule has 1 atom stereocenters. The maximum Gasteiger partial charge on any atom is 0.323 e. The van der Waals surface area contributed by atoms with Crippen LogP contribution in [0.4, 0.5) is 0 Å². The summed E-state index contributed by atoms with van der Waals surface area (Å²) < 4.78 is 7.11. The van der Waals surface area contributed by atoms with Crippen LogP contribution in [0.3, 0.4) is 0 Å². The van der Waals surface area contributed by atoms with Gasteiger partial charge in [-0.05, 0) is 42.7 Å². The number of carbonyl (C=O) groups is 1. The van der Waals surface area contributed by atoms with Crippen LogP contribution < -0.4 is 5.73 Å². The highest BCUT2D eigenvalue weighted by Gasteiger charge is 2.22. The lowest BCUT2D eigenvalue weighted by molar-refractivity contribution is -0.144. The van der Waals surface area contributed by atoms with Gasteiger partial charge in [0.25, 0.3) is 0 Å². The number of rotatable bonds is 6. The first-order valence-electron chi connectivity index (χ1n) is 10.1. The van der Waals surface area contributed by atoms with Crippen molar-refractivity contribution in [1.82, 2.24) is 9.38 Å². The summed E-state index contributed by atoms with van der Waals surface area (Å²) in [6.07, 6.45) is 2.32. The Morgan fingerprint density at radius 2 is 1.70 bits per heavy atom. The molecule has 0 fully saturated rings. The number of nitrogens with zero attached hydrogens (tertiary/aromatic N) is 2. The Morgan fingerprint density at radius 3 is 2.40 bits per heavy atom. The average molecular weight is 399 g/mol. The quantitative estimate of drug-likeness (QED) is 0.488. The molecule has 1 unspecified atom stereocenters. The fourth-order valence-corrected chi connectivity index (χ4v) is 3.62. The first-order valence-corrected chi connectivity index (χ1v) is 10.1. The number of esters is 1. The summed E-state index contributed by atoms with van der Waals surface area (Å²) in [5.74, 6) is -0.398. The van der Waals surface area contributed by atoms with Gasteiger partial charge >= 0.3 is 5.97 Å². The van der Waals surface area contributed by atoms with Crippen LogP contribution in [0.5, 0.6) is 0 Å². The number of carbonyl (C=O) groups excluding carboxylic acids is 1. The first kappa shape index (κ1) is 19.9. The van der Waals surface area contributed by atoms with Gasteiger partial charge < -0.3 is 14.9 Å². The Hall–Kier alpha value is -3.44. The summed E-state index contributed by atoms with van der Waals surface area (Å²) in [5, 5.41) is 0. The third-order valence-electron chi connectivity index (χ3n) is 5.15. The summed E-state index contributed by atoms with van der Waals surface area (Å²) in [6.45, 7) is 4.13. The van der Waals surface area contributed by atoms with Crippen LogP contribution in [0.2, 0.25) is 0 Å². The second-order valence-electron chi connectivity index (χ2n) is 7.35. The number of fused-ring (bicyclic) bond motifs is 1. The van der Waals surface area contributed by atoms with Gasteiger partial charge in [-0.15, -0.1) is 0 Å². The molecule has 0 aliphatic heterocycles. The molecule has 0 amide bonds. The number of aryl methyl sites for hydroxylation is 1. The molecule has 0 spiro atoms. The monoisotopic (exact) mass is 399 g/mol. The van der Waals surface area contributed by atoms with E-state index < -0.39 is 12.0 Å². The number of imidazole rings is 1. The maximum absolute atomic E-state index is 12.1. The molecule has 4 aromatic rings. The fraction of sp³-hybridized carbons (Fsp3) is 0.200. The predicted molar refractivity (Wildman–Crippen MR) is 119 cm³/mol. The molecule has 0 bridgehead atoms. The molecule has 0 radical (unpaired) electrons. The minimum Gasteiger partial charge on any atom is -0.465 e. The van der Waals surface area contributed by atoms with Crippen molar-refractivity contribution in [3.63, 3.8) is 0 Å². The number of aromatic nitrogens is 2. The van der Waals surface area contributed by atoms with Crippen LogP contribution in [0.15, 0.2) is 72.9 Å². The first-order chi connectivity index (χ1) is 14.6. The zero-order valence-corrected chi connectivity index (χ0v) is 17.2. The van der Waals surface area contributed by atoms with Gasteiger partial charge in [0.1, 0.15) is 11.7 Å². The number of ether oxygens (including phenoxy) is 1. The average Bonchev–Trinajstić information content (AvgIpc) is 3.12. The van der Waals surface area contributed by atoms with Gasteiger partial charge in [0.2, 0.25) is 0 Å². The van der Waals surface area contributed by atoms with E-state index in [1.807, 2.05) is 47.9 Å². The number of hydrogen-bond donors (Lipinski definition) is 1. The summed E-state index contributed by atoms with van der Waals surface area (Å²) in [4.78, 5) is 17.0. The molecule has 152 valence electrons. The zero-order valence-electron chi connectivity index (χ0n) is 17.2. The lowest BCUT2D eigenvalue weighted by atomic mass is 10.0. The van der Waals surface area contributed by atoms with Crippen molar-refractivity contribution in [1.29, 1.82) is 0 Å². The van der Waals surface area contributed by atoms with Crippen molar-refractivity contribution in [2.24, 2.45) is 5.73 Å². The minimum atomic E-state index is -0.742. The molecular weight excluding hydrogens is 374 g/mol. The molecule has 2 N–H and O–H groups in total. The predicted octanol–water partition coefficient (Wildman–Crippen LogP) is 4.41. The highest BCUT2D eigenvalue weighted by atomic mass is 16.5. The molecule has 4 rings (SSSR count). The Morgan fingerprint density at radius 1 is 1.03 bits per heavy atom. The molecular formula is C25H25N3O2. The van der Waals surface area contributed by atoms with Crippen molar-refractivity contribution in [3.05, 3.63) is 84.2 Å². The van der Waals surface area contributed by atoms with Gasteiger partial charge in [0, 0.05) is 18.2 Å². The third kappa shape index (κ3) is 3.98. The summed E-state index contributed by atoms with van der Waals surface area (Å²) >= 11 is 0. The van der Waals surface area contributed by atoms with Crippen molar-refractivity contribution in [2.75, 3.05) is 6.61 Å². The second kappa shape index (κ2) is 8.51. The largest absolute Gasteiger partial charge is 0.465 e. The number of pyridine rings is 1. The van der Waals surface area contributed by atoms with Crippen molar-refractivity contribution >= 4 is 11.6 Å². The van der Waals surface area contributed by atoms with Crippen LogP contribution in [0, 0.1) is 6.92 Å². The Balaban J connectivity index is 1.75. The molecule has 2 heterocycles. The zero-order chi connectivity index (χ0) is 21.1. The molecule has 30 heavy (non-hydrogen) atoms. The van der Waals surface area contributed by atoms with Crippen LogP contribution >= 0.6 is 0 Å². The van der Waals surface area contributed by atoms with Gasteiger partial charge in [0.05, 0.1) is 18.0 Å². The highest BCUT2D eigenvalue weighted by Crippen LogP contribution is 2.28. The minimum absolute atomic E-state index is 0.312. The standard InChI is InChI=1S/C25H25N3O2/c1-3-30-25(29)21(26)16-22-24(27-23-15-17(2)13-14-28(22)23)20-11-9-19(10-12-20)18-7-5-4-6-8-18/h4-15,21H,3,16,26H2,1-2H3. The van der Waals surface area contributed by atoms with Crippen LogP contribution in [0.1, 0.15) is 18.2 Å². The van der Waals surface area contributed by atoms with Gasteiger partial charge in [-0.25, -0.2) is 4.98 Å². The van der Waals surface area contributed by atoms with E-state index in [1.165, 1.54) is 5.56 Å². The number of hydrogen-bond acceptors (Lipinski definition) is 4. The Kier molecular flexibility index (Phi) is 5.63. The lowest BCUT2D eigenvalue weighted by Gasteiger charge is -2.12. The van der Waals surface area contributed by atoms with Crippen molar-refractivity contribution in [2.45, 2.75) is 26.3 Å². The normalized spacial score (nSPS) is 12.1. The topological polar surface area (TPSA) is 69.6 Å². The number of benzene rings is 2. The van der Waals surface area contributed by atoms with Crippen molar-refractivity contribution < 1.29 is 9.53 Å². The second-order valence-corrected chi connectivity index (χ2v) is 7.35. The molecule has 2 aromatic carbocycles. The molecule has 2 aromatic heterocycles. The van der Waals surface area contributed by atoms with Gasteiger partial charge in [-0.1, -0.05) is 54.6 Å². The molecule has 5 nitrogen and oxygen atoms in total. The molecule has 0 aliphatic rings. The molecule has 0 saturated heterocycles. The van der Waals surface area contributed by atoms with Crippen LogP contribution in [0.25, 0.3) is 28.0 Å². The summed E-state index contributed by atoms with van der Waals surface area (Å²) in [5.41, 5.74) is 13.1. The lowest BCUT2D eigenvalue weighted by Crippen LogP contribution is -2.34. The van der Waals surface area contributed by atoms with E-state index >= 15 is 0 Å². The van der Waals surface area contributed by atoms with E-state index in [1.54, 1.807) is 6.92 Å². The Bertz CT molecular complexity index is 1160. The van der Waals surface area contributed by atoms with E-state index in [4.69, 9.17) is 15.5 Å². The van der Waals surface area contributed by atoms with Crippen LogP contribution in [-0.4, -0.2) is 28.0 Å². The molecule has 0 aliphatic carbocycles. The van der Waals surface area contributed by atoms with Gasteiger partial charge in [0.15, 0.2) is 0 Å². The highest BCUT2D eigenvalue weighted by molar-refractivity contribution is 5.77. The van der Waals surface area contributed by atoms with Crippen molar-refractivity contribution in [3.8, 4) is 22.4 Å². The summed E-state index contributed by atoms with van der Waals surface area (Å²) in [7, 11) is 0. The SMILES string of the molecule is CCOC(=O)C(N)Cc1c(-c2ccc(-c3ccccc3)cc2)nc2cc(C)ccn12. The fourth-order valence-electron chi connectivity index (χ4n) is 3.62. The van der Waals surface area contributed by atoms with E-state index in [9.17, 15) is 4.79 Å². The van der Waals surface area contributed by atoms with Gasteiger partial charge in [-0.2, -0.15) is 0 Å².